The van der Waals surface area contributed by atoms with Gasteiger partial charge in [0.15, 0.2) is 0 Å². The Hall–Kier alpha value is -4.59. The molecular weight excluding hydrogens is 407 g/mol. The SMILES string of the molecule is Oc1cncc(-c2cc3c(-c4cc5c(-c6ccccc6F)cncc5[nH]4)n[nH]c3cn2)c1. The van der Waals surface area contributed by atoms with Crippen molar-refractivity contribution in [3.8, 4) is 39.5 Å². The third kappa shape index (κ3) is 2.89. The van der Waals surface area contributed by atoms with E-state index in [1.54, 1.807) is 49.1 Å². The van der Waals surface area contributed by atoms with Gasteiger partial charge in [-0.3, -0.25) is 20.1 Å². The molecule has 0 aliphatic rings. The number of aromatic nitrogens is 6. The maximum Gasteiger partial charge on any atom is 0.134 e. The van der Waals surface area contributed by atoms with Gasteiger partial charge in [-0.15, -0.1) is 0 Å². The molecule has 5 aromatic heterocycles. The Morgan fingerprint density at radius 1 is 0.812 bits per heavy atom. The van der Waals surface area contributed by atoms with Gasteiger partial charge >= 0.3 is 0 Å². The Morgan fingerprint density at radius 2 is 1.69 bits per heavy atom. The van der Waals surface area contributed by atoms with E-state index in [9.17, 15) is 9.50 Å². The Balaban J connectivity index is 1.52. The standard InChI is InChI=1S/C24H15FN6O/c25-19-4-2-1-3-15(19)18-10-27-11-22-16(18)6-21(29-22)24-17-7-20(28-12-23(17)30-31-24)13-5-14(32)9-26-8-13/h1-12,29,32H,(H,30,31). The van der Waals surface area contributed by atoms with Gasteiger partial charge in [0.25, 0.3) is 0 Å². The first-order chi connectivity index (χ1) is 15.7. The summed E-state index contributed by atoms with van der Waals surface area (Å²) in [6.45, 7) is 0. The first-order valence-corrected chi connectivity index (χ1v) is 9.88. The van der Waals surface area contributed by atoms with E-state index in [4.69, 9.17) is 0 Å². The summed E-state index contributed by atoms with van der Waals surface area (Å²) in [7, 11) is 0. The van der Waals surface area contributed by atoms with Crippen molar-refractivity contribution >= 4 is 21.8 Å². The molecule has 32 heavy (non-hydrogen) atoms. The molecule has 0 fully saturated rings. The van der Waals surface area contributed by atoms with Crippen LogP contribution in [0.1, 0.15) is 0 Å². The van der Waals surface area contributed by atoms with Gasteiger partial charge in [-0.2, -0.15) is 5.10 Å². The zero-order chi connectivity index (χ0) is 21.7. The minimum Gasteiger partial charge on any atom is -0.506 e. The Labute approximate surface area is 180 Å². The van der Waals surface area contributed by atoms with Gasteiger partial charge in [0.1, 0.15) is 17.3 Å². The topological polar surface area (TPSA) is 103 Å². The number of pyridine rings is 3. The lowest BCUT2D eigenvalue weighted by Crippen LogP contribution is -1.85. The number of H-pyrrole nitrogens is 2. The van der Waals surface area contributed by atoms with Crippen molar-refractivity contribution in [3.63, 3.8) is 0 Å². The zero-order valence-electron chi connectivity index (χ0n) is 16.5. The normalized spacial score (nSPS) is 11.4. The molecule has 0 amide bonds. The number of fused-ring (bicyclic) bond motifs is 2. The van der Waals surface area contributed by atoms with E-state index in [-0.39, 0.29) is 11.6 Å². The lowest BCUT2D eigenvalue weighted by Gasteiger charge is -2.03. The van der Waals surface area contributed by atoms with Crippen LogP contribution < -0.4 is 0 Å². The van der Waals surface area contributed by atoms with Crippen molar-refractivity contribution < 1.29 is 9.50 Å². The summed E-state index contributed by atoms with van der Waals surface area (Å²) >= 11 is 0. The minimum atomic E-state index is -0.301. The summed E-state index contributed by atoms with van der Waals surface area (Å²) in [5.41, 5.74) is 5.57. The highest BCUT2D eigenvalue weighted by Gasteiger charge is 2.16. The van der Waals surface area contributed by atoms with Crippen LogP contribution in [-0.2, 0) is 0 Å². The molecule has 6 rings (SSSR count). The molecular formula is C24H15FN6O. The Morgan fingerprint density at radius 3 is 2.56 bits per heavy atom. The highest BCUT2D eigenvalue weighted by molar-refractivity contribution is 6.01. The molecule has 0 bridgehead atoms. The first kappa shape index (κ1) is 18.2. The van der Waals surface area contributed by atoms with Gasteiger partial charge in [-0.1, -0.05) is 18.2 Å². The number of aromatic amines is 2. The summed E-state index contributed by atoms with van der Waals surface area (Å²) in [4.78, 5) is 16.1. The highest BCUT2D eigenvalue weighted by atomic mass is 19.1. The molecule has 1 aromatic carbocycles. The van der Waals surface area contributed by atoms with Crippen LogP contribution in [0.2, 0.25) is 0 Å². The molecule has 5 heterocycles. The quantitative estimate of drug-likeness (QED) is 0.369. The second-order valence-corrected chi connectivity index (χ2v) is 7.43. The van der Waals surface area contributed by atoms with E-state index in [0.717, 1.165) is 27.5 Å². The molecule has 0 aliphatic carbocycles. The predicted octanol–water partition coefficient (Wildman–Crippen LogP) is 5.07. The Kier molecular flexibility index (Phi) is 3.97. The van der Waals surface area contributed by atoms with Crippen LogP contribution in [0, 0.1) is 5.82 Å². The van der Waals surface area contributed by atoms with Crippen molar-refractivity contribution in [2.75, 3.05) is 0 Å². The van der Waals surface area contributed by atoms with Crippen molar-refractivity contribution in [1.29, 1.82) is 0 Å². The predicted molar refractivity (Wildman–Crippen MR) is 119 cm³/mol. The Bertz CT molecular complexity index is 1620. The molecule has 154 valence electrons. The van der Waals surface area contributed by atoms with Crippen LogP contribution in [0.5, 0.6) is 5.75 Å². The molecule has 8 heteroatoms. The van der Waals surface area contributed by atoms with Crippen LogP contribution in [-0.4, -0.2) is 35.2 Å². The van der Waals surface area contributed by atoms with E-state index in [1.807, 2.05) is 12.1 Å². The summed E-state index contributed by atoms with van der Waals surface area (Å²) in [6.07, 6.45) is 8.08. The number of hydrogen-bond donors (Lipinski definition) is 3. The molecule has 0 aliphatic heterocycles. The summed E-state index contributed by atoms with van der Waals surface area (Å²) in [5.74, 6) is -0.231. The van der Waals surface area contributed by atoms with Gasteiger partial charge in [0.05, 0.1) is 41.0 Å². The fraction of sp³-hybridized carbons (Fsp3) is 0. The van der Waals surface area contributed by atoms with Gasteiger partial charge < -0.3 is 10.1 Å². The van der Waals surface area contributed by atoms with Gasteiger partial charge in [-0.05, 0) is 24.3 Å². The third-order valence-electron chi connectivity index (χ3n) is 5.43. The largest absolute Gasteiger partial charge is 0.506 e. The van der Waals surface area contributed by atoms with E-state index in [2.05, 4.69) is 30.1 Å². The minimum absolute atomic E-state index is 0.0700. The molecule has 6 aromatic rings. The number of nitrogens with zero attached hydrogens (tertiary/aromatic N) is 4. The molecule has 0 atom stereocenters. The number of rotatable bonds is 3. The zero-order valence-corrected chi connectivity index (χ0v) is 16.5. The van der Waals surface area contributed by atoms with Crippen LogP contribution in [0.4, 0.5) is 4.39 Å². The van der Waals surface area contributed by atoms with E-state index in [0.29, 0.717) is 28.1 Å². The average Bonchev–Trinajstić information content (AvgIpc) is 3.43. The van der Waals surface area contributed by atoms with Crippen molar-refractivity contribution in [2.45, 2.75) is 0 Å². The number of aromatic hydroxyl groups is 1. The lowest BCUT2D eigenvalue weighted by atomic mass is 10.0. The molecule has 0 saturated heterocycles. The third-order valence-corrected chi connectivity index (χ3v) is 5.43. The number of halogens is 1. The fourth-order valence-electron chi connectivity index (χ4n) is 3.92. The van der Waals surface area contributed by atoms with E-state index >= 15 is 0 Å². The molecule has 0 radical (unpaired) electrons. The molecule has 0 spiro atoms. The lowest BCUT2D eigenvalue weighted by molar-refractivity contribution is 0.473. The molecule has 3 N–H and O–H groups in total. The van der Waals surface area contributed by atoms with Gasteiger partial charge in [0, 0.05) is 39.9 Å². The molecule has 0 unspecified atom stereocenters. The van der Waals surface area contributed by atoms with Crippen molar-refractivity contribution in [3.05, 3.63) is 79.3 Å². The maximum atomic E-state index is 14.4. The second-order valence-electron chi connectivity index (χ2n) is 7.43. The molecule has 7 nitrogen and oxygen atoms in total. The van der Waals surface area contributed by atoms with Crippen LogP contribution in [0.3, 0.4) is 0 Å². The van der Waals surface area contributed by atoms with Crippen molar-refractivity contribution in [2.24, 2.45) is 0 Å². The molecule has 0 saturated carbocycles. The fourth-order valence-corrected chi connectivity index (χ4v) is 3.92. The number of nitrogens with one attached hydrogen (secondary N) is 2. The maximum absolute atomic E-state index is 14.4. The summed E-state index contributed by atoms with van der Waals surface area (Å²) in [6, 6.07) is 12.1. The van der Waals surface area contributed by atoms with Crippen molar-refractivity contribution in [1.82, 2.24) is 30.1 Å². The smallest absolute Gasteiger partial charge is 0.134 e. The first-order valence-electron chi connectivity index (χ1n) is 9.88. The van der Waals surface area contributed by atoms with E-state index in [1.165, 1.54) is 12.3 Å². The van der Waals surface area contributed by atoms with Crippen LogP contribution in [0.15, 0.2) is 73.4 Å². The summed E-state index contributed by atoms with van der Waals surface area (Å²) < 4.78 is 14.4. The second kappa shape index (κ2) is 6.98. The van der Waals surface area contributed by atoms with Gasteiger partial charge in [0.2, 0.25) is 0 Å². The van der Waals surface area contributed by atoms with Crippen LogP contribution >= 0.6 is 0 Å². The monoisotopic (exact) mass is 422 g/mol. The highest BCUT2D eigenvalue weighted by Crippen LogP contribution is 2.35. The van der Waals surface area contributed by atoms with Gasteiger partial charge in [-0.25, -0.2) is 4.39 Å². The van der Waals surface area contributed by atoms with E-state index < -0.39 is 0 Å². The van der Waals surface area contributed by atoms with Crippen LogP contribution in [0.25, 0.3) is 55.6 Å². The number of hydrogen-bond acceptors (Lipinski definition) is 5. The average molecular weight is 422 g/mol. The number of benzene rings is 1. The summed E-state index contributed by atoms with van der Waals surface area (Å²) in [5, 5.41) is 18.9.